The molecule has 4 rings (SSSR count). The summed E-state index contributed by atoms with van der Waals surface area (Å²) in [5.74, 6) is -1.41. The Morgan fingerprint density at radius 3 is 2.50 bits per heavy atom. The van der Waals surface area contributed by atoms with Gasteiger partial charge in [-0.3, -0.25) is 14.4 Å². The van der Waals surface area contributed by atoms with Gasteiger partial charge in [-0.25, -0.2) is 0 Å². The van der Waals surface area contributed by atoms with Crippen molar-refractivity contribution in [2.24, 2.45) is 11.8 Å². The molecule has 0 radical (unpaired) electrons. The second kappa shape index (κ2) is 12.3. The molecule has 0 saturated carbocycles. The van der Waals surface area contributed by atoms with Crippen LogP contribution in [0.15, 0.2) is 43.5 Å². The summed E-state index contributed by atoms with van der Waals surface area (Å²) in [7, 11) is 1.75. The maximum Gasteiger partial charge on any atom is 0.251 e. The number of carbonyl (C=O) groups is 3. The number of hydrogen-bond acceptors (Lipinski definition) is 5. The molecule has 3 aliphatic rings. The highest BCUT2D eigenvalue weighted by atomic mass is 35.5. The van der Waals surface area contributed by atoms with Crippen molar-refractivity contribution in [3.8, 4) is 0 Å². The van der Waals surface area contributed by atoms with Gasteiger partial charge in [0, 0.05) is 38.0 Å². The summed E-state index contributed by atoms with van der Waals surface area (Å²) in [6.07, 6.45) is 7.97. The van der Waals surface area contributed by atoms with E-state index >= 15 is 0 Å². The minimum atomic E-state index is -0.715. The number of anilines is 1. The van der Waals surface area contributed by atoms with Gasteiger partial charge in [-0.1, -0.05) is 48.7 Å². The number of rotatable bonds is 13. The van der Waals surface area contributed by atoms with Crippen LogP contribution >= 0.6 is 23.4 Å². The maximum absolute atomic E-state index is 14.7. The van der Waals surface area contributed by atoms with E-state index < -0.39 is 27.4 Å². The molecule has 9 heteroatoms. The third-order valence-corrected chi connectivity index (χ3v) is 11.2. The molecule has 1 spiro atoms. The Bertz CT molecular complexity index is 1160. The predicted molar refractivity (Wildman–Crippen MR) is 163 cm³/mol. The summed E-state index contributed by atoms with van der Waals surface area (Å²) in [6.45, 7) is 12.9. The molecule has 2 unspecified atom stereocenters. The molecule has 0 aromatic heterocycles. The van der Waals surface area contributed by atoms with Crippen LogP contribution in [0.3, 0.4) is 0 Å². The molecule has 3 aliphatic heterocycles. The molecule has 2 bridgehead atoms. The smallest absolute Gasteiger partial charge is 0.251 e. The molecule has 5 atom stereocenters. The van der Waals surface area contributed by atoms with Crippen LogP contribution < -0.4 is 4.90 Å². The number of unbranched alkanes of at least 4 members (excludes halogenated alkanes) is 3. The number of fused-ring (bicyclic) bond motifs is 1. The highest BCUT2D eigenvalue weighted by Crippen LogP contribution is 2.71. The number of para-hydroxylation sites is 1. The average Bonchev–Trinajstić information content (AvgIpc) is 3.48. The Labute approximate surface area is 247 Å². The van der Waals surface area contributed by atoms with Crippen molar-refractivity contribution in [2.75, 3.05) is 38.2 Å². The van der Waals surface area contributed by atoms with Gasteiger partial charge in [-0.15, -0.1) is 24.9 Å². The predicted octanol–water partition coefficient (Wildman–Crippen LogP) is 4.85. The van der Waals surface area contributed by atoms with E-state index in [1.807, 2.05) is 19.1 Å². The number of likely N-dealkylation sites (N-methyl/N-ethyl adjacent to an activating group) is 1. The van der Waals surface area contributed by atoms with E-state index in [0.717, 1.165) is 31.2 Å². The molecule has 3 amide bonds. The molecule has 7 nitrogen and oxygen atoms in total. The number of hydrogen-bond donors (Lipinski definition) is 1. The van der Waals surface area contributed by atoms with E-state index in [1.54, 1.807) is 51.7 Å². The summed E-state index contributed by atoms with van der Waals surface area (Å²) in [4.78, 5) is 48.0. The first kappa shape index (κ1) is 30.7. The Morgan fingerprint density at radius 2 is 1.85 bits per heavy atom. The fourth-order valence-corrected chi connectivity index (χ4v) is 9.79. The number of aryl methyl sites for hydroxylation is 1. The van der Waals surface area contributed by atoms with E-state index in [4.69, 9.17) is 11.6 Å². The van der Waals surface area contributed by atoms with Crippen LogP contribution in [0, 0.1) is 18.8 Å². The Hall–Kier alpha value is -2.29. The van der Waals surface area contributed by atoms with Gasteiger partial charge in [0.1, 0.15) is 6.04 Å². The van der Waals surface area contributed by atoms with Crippen LogP contribution in [-0.4, -0.2) is 81.5 Å². The molecule has 0 aliphatic carbocycles. The number of nitrogens with zero attached hydrogens (tertiary/aromatic N) is 3. The highest BCUT2D eigenvalue weighted by Gasteiger charge is 2.77. The average molecular weight is 588 g/mol. The third kappa shape index (κ3) is 5.12. The number of benzene rings is 1. The molecule has 1 aromatic carbocycles. The van der Waals surface area contributed by atoms with Gasteiger partial charge in [0.15, 0.2) is 0 Å². The lowest BCUT2D eigenvalue weighted by Crippen LogP contribution is -2.55. The summed E-state index contributed by atoms with van der Waals surface area (Å²) in [6, 6.07) is 4.84. The van der Waals surface area contributed by atoms with Gasteiger partial charge in [0.25, 0.3) is 5.91 Å². The zero-order valence-electron chi connectivity index (χ0n) is 23.9. The molecular weight excluding hydrogens is 546 g/mol. The topological polar surface area (TPSA) is 81.2 Å². The first-order chi connectivity index (χ1) is 19.1. The molecule has 3 saturated heterocycles. The van der Waals surface area contributed by atoms with Crippen LogP contribution in [0.25, 0.3) is 0 Å². The largest absolute Gasteiger partial charge is 0.396 e. The standard InChI is InChI=1S/C31H42ClN3O4S/c1-6-17-33(5)27(37)23-24-28(38)35(19-10-8-9-11-20-36)26(31(24)16-15-30(23,4)40-31)29(39)34(18-7-2)25-21(3)13-12-14-22(25)32/h6-7,12-14,23-24,26,36H,1-2,8-11,15-20H2,3-5H3/t23-,24+,26?,30+,31?/m1/s1. The van der Waals surface area contributed by atoms with Crippen molar-refractivity contribution in [3.63, 3.8) is 0 Å². The Balaban J connectivity index is 1.78. The van der Waals surface area contributed by atoms with Crippen molar-refractivity contribution in [1.82, 2.24) is 9.80 Å². The van der Waals surface area contributed by atoms with Crippen LogP contribution in [0.4, 0.5) is 5.69 Å². The van der Waals surface area contributed by atoms with Crippen molar-refractivity contribution in [3.05, 3.63) is 54.1 Å². The number of aliphatic hydroxyl groups is 1. The number of amides is 3. The van der Waals surface area contributed by atoms with Crippen molar-refractivity contribution < 1.29 is 19.5 Å². The Kier molecular flexibility index (Phi) is 9.42. The molecular formula is C31H42ClN3O4S. The monoisotopic (exact) mass is 587 g/mol. The molecule has 3 fully saturated rings. The molecule has 1 N–H and O–H groups in total. The zero-order valence-corrected chi connectivity index (χ0v) is 25.5. The third-order valence-electron chi connectivity index (χ3n) is 8.90. The van der Waals surface area contributed by atoms with Gasteiger partial charge in [-0.2, -0.15) is 0 Å². The molecule has 1 aromatic rings. The molecule has 218 valence electrons. The number of thioether (sulfide) groups is 1. The summed E-state index contributed by atoms with van der Waals surface area (Å²) in [5.41, 5.74) is 1.50. The van der Waals surface area contributed by atoms with Gasteiger partial charge < -0.3 is 19.8 Å². The minimum Gasteiger partial charge on any atom is -0.396 e. The number of likely N-dealkylation sites (tertiary alicyclic amines) is 1. The van der Waals surface area contributed by atoms with E-state index in [9.17, 15) is 19.5 Å². The lowest BCUT2D eigenvalue weighted by Gasteiger charge is -2.38. The molecule has 40 heavy (non-hydrogen) atoms. The van der Waals surface area contributed by atoms with Gasteiger partial charge in [0.05, 0.1) is 27.3 Å². The summed E-state index contributed by atoms with van der Waals surface area (Å²) < 4.78 is -1.12. The lowest BCUT2D eigenvalue weighted by atomic mass is 9.66. The second-order valence-electron chi connectivity index (χ2n) is 11.5. The SMILES string of the molecule is C=CCN(C)C(=O)[C@H]1[C@H]2C(=O)N(CCCCCCO)C(C(=O)N(CC=C)c3c(C)cccc3Cl)C23CC[C@]1(C)S3. The number of aliphatic hydroxyl groups excluding tert-OH is 1. The zero-order chi connectivity index (χ0) is 29.2. The summed E-state index contributed by atoms with van der Waals surface area (Å²) >= 11 is 8.33. The van der Waals surface area contributed by atoms with Crippen LogP contribution in [0.1, 0.15) is 51.0 Å². The van der Waals surface area contributed by atoms with E-state index in [1.165, 1.54) is 0 Å². The molecule has 3 heterocycles. The van der Waals surface area contributed by atoms with E-state index in [-0.39, 0.29) is 30.9 Å². The first-order valence-corrected chi connectivity index (χ1v) is 15.4. The number of carbonyl (C=O) groups excluding carboxylic acids is 3. The van der Waals surface area contributed by atoms with Crippen LogP contribution in [-0.2, 0) is 14.4 Å². The maximum atomic E-state index is 14.7. The van der Waals surface area contributed by atoms with Crippen molar-refractivity contribution in [2.45, 2.75) is 67.9 Å². The minimum absolute atomic E-state index is 0.0595. The first-order valence-electron chi connectivity index (χ1n) is 14.2. The van der Waals surface area contributed by atoms with Gasteiger partial charge >= 0.3 is 0 Å². The summed E-state index contributed by atoms with van der Waals surface area (Å²) in [5, 5.41) is 9.66. The quantitative estimate of drug-likeness (QED) is 0.264. The van der Waals surface area contributed by atoms with E-state index in [0.29, 0.717) is 36.6 Å². The van der Waals surface area contributed by atoms with Crippen LogP contribution in [0.2, 0.25) is 5.02 Å². The van der Waals surface area contributed by atoms with Crippen molar-refractivity contribution in [1.29, 1.82) is 0 Å². The lowest BCUT2D eigenvalue weighted by molar-refractivity contribution is -0.144. The highest BCUT2D eigenvalue weighted by molar-refractivity contribution is 8.02. The fourth-order valence-electron chi connectivity index (χ4n) is 7.12. The van der Waals surface area contributed by atoms with Crippen molar-refractivity contribution >= 4 is 46.8 Å². The fraction of sp³-hybridized carbons (Fsp3) is 0.581. The van der Waals surface area contributed by atoms with Gasteiger partial charge in [0.2, 0.25) is 11.8 Å². The number of halogens is 1. The van der Waals surface area contributed by atoms with Gasteiger partial charge in [-0.05, 0) is 51.2 Å². The normalized spacial score (nSPS) is 28.5. The second-order valence-corrected chi connectivity index (χ2v) is 13.9. The van der Waals surface area contributed by atoms with E-state index in [2.05, 4.69) is 20.1 Å². The van der Waals surface area contributed by atoms with Crippen LogP contribution in [0.5, 0.6) is 0 Å². The Morgan fingerprint density at radius 1 is 1.15 bits per heavy atom.